The Bertz CT molecular complexity index is 1110. The number of halogens is 1. The van der Waals surface area contributed by atoms with Crippen molar-refractivity contribution in [2.75, 3.05) is 7.11 Å². The molecule has 1 aromatic carbocycles. The number of amides is 1. The van der Waals surface area contributed by atoms with E-state index in [2.05, 4.69) is 10.3 Å². The lowest BCUT2D eigenvalue weighted by molar-refractivity contribution is -0.151. The van der Waals surface area contributed by atoms with E-state index < -0.39 is 29.8 Å². The van der Waals surface area contributed by atoms with Crippen LogP contribution < -0.4 is 10.1 Å². The number of methoxy groups -OCH3 is 1. The Morgan fingerprint density at radius 3 is 2.65 bits per heavy atom. The van der Waals surface area contributed by atoms with E-state index in [1.165, 1.54) is 26.3 Å². The number of aromatic hydroxyl groups is 1. The van der Waals surface area contributed by atoms with Crippen LogP contribution in [0.2, 0.25) is 5.02 Å². The van der Waals surface area contributed by atoms with E-state index in [9.17, 15) is 14.7 Å². The highest BCUT2D eigenvalue weighted by molar-refractivity contribution is 6.31. The number of hydrogen-bond acceptors (Lipinski definition) is 6. The van der Waals surface area contributed by atoms with Gasteiger partial charge in [0.05, 0.1) is 13.2 Å². The highest BCUT2D eigenvalue weighted by atomic mass is 35.5. The molecule has 164 valence electrons. The van der Waals surface area contributed by atoms with Crippen molar-refractivity contribution >= 4 is 34.4 Å². The number of benzene rings is 1. The Morgan fingerprint density at radius 1 is 1.19 bits per heavy atom. The van der Waals surface area contributed by atoms with Crippen molar-refractivity contribution in [3.8, 4) is 11.5 Å². The number of aromatic nitrogens is 2. The maximum absolute atomic E-state index is 12.5. The van der Waals surface area contributed by atoms with Gasteiger partial charge in [-0.1, -0.05) is 17.7 Å². The molecule has 2 aromatic heterocycles. The molecule has 0 saturated heterocycles. The fourth-order valence-electron chi connectivity index (χ4n) is 3.18. The summed E-state index contributed by atoms with van der Waals surface area (Å²) < 4.78 is 12.5. The number of nitrogens with zero attached hydrogens (tertiary/aromatic N) is 2. The number of pyridine rings is 1. The van der Waals surface area contributed by atoms with E-state index in [-0.39, 0.29) is 17.5 Å². The topological polar surface area (TPSA) is 103 Å². The van der Waals surface area contributed by atoms with Gasteiger partial charge >= 0.3 is 5.97 Å². The molecule has 9 heteroatoms. The molecule has 3 aromatic rings. The lowest BCUT2D eigenvalue weighted by atomic mass is 10.2. The molecule has 2 N–H and O–H groups in total. The Labute approximate surface area is 184 Å². The molecule has 3 unspecified atom stereocenters. The van der Waals surface area contributed by atoms with Crippen LogP contribution in [0.25, 0.3) is 10.9 Å². The summed E-state index contributed by atoms with van der Waals surface area (Å²) in [6.07, 6.45) is 2.76. The van der Waals surface area contributed by atoms with Crippen LogP contribution in [-0.2, 0) is 9.53 Å². The maximum Gasteiger partial charge on any atom is 0.328 e. The summed E-state index contributed by atoms with van der Waals surface area (Å²) in [6.45, 7) is 5.21. The van der Waals surface area contributed by atoms with E-state index in [0.717, 1.165) is 10.9 Å². The maximum atomic E-state index is 12.5. The fourth-order valence-corrected chi connectivity index (χ4v) is 3.34. The summed E-state index contributed by atoms with van der Waals surface area (Å²) in [6, 6.07) is 7.87. The van der Waals surface area contributed by atoms with E-state index in [4.69, 9.17) is 21.1 Å². The normalized spacial score (nSPS) is 14.0. The van der Waals surface area contributed by atoms with Gasteiger partial charge in [-0.3, -0.25) is 4.79 Å². The molecule has 0 saturated carbocycles. The van der Waals surface area contributed by atoms with Crippen molar-refractivity contribution in [1.29, 1.82) is 0 Å². The third-order valence-electron chi connectivity index (χ3n) is 5.13. The van der Waals surface area contributed by atoms with Crippen LogP contribution in [0, 0.1) is 0 Å². The van der Waals surface area contributed by atoms with Crippen LogP contribution in [0.15, 0.2) is 42.7 Å². The van der Waals surface area contributed by atoms with Crippen molar-refractivity contribution in [3.05, 3.63) is 53.4 Å². The van der Waals surface area contributed by atoms with E-state index >= 15 is 0 Å². The van der Waals surface area contributed by atoms with Gasteiger partial charge in [-0.2, -0.15) is 0 Å². The summed E-state index contributed by atoms with van der Waals surface area (Å²) in [5.74, 6) is -1.61. The van der Waals surface area contributed by atoms with Crippen molar-refractivity contribution < 1.29 is 24.2 Å². The SMILES string of the molecule is COc1ccnc(C(=O)NC(C)C(=O)OC(C)C(C)n2ccc3ccc(Cl)cc32)c1O. The number of hydrogen-bond donors (Lipinski definition) is 2. The minimum Gasteiger partial charge on any atom is -0.503 e. The molecule has 2 heterocycles. The largest absolute Gasteiger partial charge is 0.503 e. The van der Waals surface area contributed by atoms with Crippen LogP contribution in [0.3, 0.4) is 0 Å². The number of rotatable bonds is 7. The first-order valence-corrected chi connectivity index (χ1v) is 10.1. The Morgan fingerprint density at radius 2 is 1.94 bits per heavy atom. The quantitative estimate of drug-likeness (QED) is 0.537. The molecule has 0 aliphatic heterocycles. The van der Waals surface area contributed by atoms with Crippen LogP contribution in [0.5, 0.6) is 11.5 Å². The Hall–Kier alpha value is -3.26. The molecular formula is C22H24ClN3O5. The second-order valence-corrected chi connectivity index (χ2v) is 7.65. The third kappa shape index (κ3) is 4.74. The predicted octanol–water partition coefficient (Wildman–Crippen LogP) is 3.72. The zero-order chi connectivity index (χ0) is 22.7. The molecular weight excluding hydrogens is 422 g/mol. The van der Waals surface area contributed by atoms with Gasteiger partial charge in [0.2, 0.25) is 0 Å². The molecule has 1 amide bonds. The van der Waals surface area contributed by atoms with Gasteiger partial charge < -0.3 is 24.5 Å². The van der Waals surface area contributed by atoms with Crippen molar-refractivity contribution in [2.45, 2.75) is 39.0 Å². The Balaban J connectivity index is 1.66. The van der Waals surface area contributed by atoms with Crippen LogP contribution >= 0.6 is 11.6 Å². The lowest BCUT2D eigenvalue weighted by Crippen LogP contribution is -2.41. The van der Waals surface area contributed by atoms with Gasteiger partial charge in [-0.25, -0.2) is 9.78 Å². The Kier molecular flexibility index (Phi) is 6.70. The highest BCUT2D eigenvalue weighted by Crippen LogP contribution is 2.28. The first kappa shape index (κ1) is 22.4. The number of nitrogens with one attached hydrogen (secondary N) is 1. The number of carbonyl (C=O) groups is 2. The highest BCUT2D eigenvalue weighted by Gasteiger charge is 2.26. The zero-order valence-electron chi connectivity index (χ0n) is 17.6. The molecule has 0 spiro atoms. The minimum absolute atomic E-state index is 0.108. The molecule has 8 nitrogen and oxygen atoms in total. The van der Waals surface area contributed by atoms with Gasteiger partial charge in [-0.05, 0) is 44.4 Å². The molecule has 0 fully saturated rings. The van der Waals surface area contributed by atoms with Gasteiger partial charge in [-0.15, -0.1) is 0 Å². The van der Waals surface area contributed by atoms with Crippen LogP contribution in [-0.4, -0.2) is 45.8 Å². The summed E-state index contributed by atoms with van der Waals surface area (Å²) in [4.78, 5) is 28.8. The summed E-state index contributed by atoms with van der Waals surface area (Å²) >= 11 is 6.12. The lowest BCUT2D eigenvalue weighted by Gasteiger charge is -2.24. The predicted molar refractivity (Wildman–Crippen MR) is 117 cm³/mol. The summed E-state index contributed by atoms with van der Waals surface area (Å²) in [7, 11) is 1.36. The molecule has 0 aliphatic rings. The number of esters is 1. The first-order chi connectivity index (χ1) is 14.7. The average Bonchev–Trinajstić information content (AvgIpc) is 3.15. The minimum atomic E-state index is -0.953. The molecule has 0 radical (unpaired) electrons. The second kappa shape index (κ2) is 9.26. The molecule has 0 bridgehead atoms. The van der Waals surface area contributed by atoms with Crippen molar-refractivity contribution in [3.63, 3.8) is 0 Å². The molecule has 3 atom stereocenters. The zero-order valence-corrected chi connectivity index (χ0v) is 18.4. The van der Waals surface area contributed by atoms with Gasteiger partial charge in [0.15, 0.2) is 17.2 Å². The monoisotopic (exact) mass is 445 g/mol. The standard InChI is InChI=1S/C22H24ClN3O5/c1-12(25-21(28)19-20(27)18(30-4)7-9-24-19)22(29)31-14(3)13(2)26-10-8-15-5-6-16(23)11-17(15)26/h5-14,27H,1-4H3,(H,25,28). The van der Waals surface area contributed by atoms with Gasteiger partial charge in [0.1, 0.15) is 12.1 Å². The van der Waals surface area contributed by atoms with Crippen LogP contribution in [0.4, 0.5) is 0 Å². The number of ether oxygens (including phenoxy) is 2. The van der Waals surface area contributed by atoms with E-state index in [0.29, 0.717) is 5.02 Å². The average molecular weight is 446 g/mol. The molecule has 0 aliphatic carbocycles. The van der Waals surface area contributed by atoms with Crippen molar-refractivity contribution in [2.24, 2.45) is 0 Å². The smallest absolute Gasteiger partial charge is 0.328 e. The number of carbonyl (C=O) groups excluding carboxylic acids is 2. The third-order valence-corrected chi connectivity index (χ3v) is 5.36. The first-order valence-electron chi connectivity index (χ1n) is 9.72. The van der Waals surface area contributed by atoms with E-state index in [1.807, 2.05) is 42.0 Å². The summed E-state index contributed by atoms with van der Waals surface area (Å²) in [5.41, 5.74) is 0.694. The van der Waals surface area contributed by atoms with Crippen LogP contribution in [0.1, 0.15) is 37.3 Å². The van der Waals surface area contributed by atoms with Gasteiger partial charge in [0.25, 0.3) is 5.91 Å². The molecule has 3 rings (SSSR count). The van der Waals surface area contributed by atoms with Crippen molar-refractivity contribution in [1.82, 2.24) is 14.9 Å². The van der Waals surface area contributed by atoms with E-state index in [1.54, 1.807) is 6.92 Å². The summed E-state index contributed by atoms with van der Waals surface area (Å²) in [5, 5.41) is 14.2. The second-order valence-electron chi connectivity index (χ2n) is 7.21. The van der Waals surface area contributed by atoms with Gasteiger partial charge in [0, 0.05) is 29.0 Å². The molecule has 31 heavy (non-hydrogen) atoms. The fraction of sp³-hybridized carbons (Fsp3) is 0.318. The number of fused-ring (bicyclic) bond motifs is 1.